The molecule has 1 atom stereocenters. The number of rotatable bonds is 4. The van der Waals surface area contributed by atoms with Crippen molar-refractivity contribution in [1.82, 2.24) is 19.8 Å². The van der Waals surface area contributed by atoms with Gasteiger partial charge in [-0.15, -0.1) is 0 Å². The fourth-order valence-corrected chi connectivity index (χ4v) is 5.08. The second kappa shape index (κ2) is 8.68. The molecule has 4 amide bonds. The lowest BCUT2D eigenvalue weighted by Crippen LogP contribution is -2.57. The second-order valence-electron chi connectivity index (χ2n) is 7.85. The number of urea groups is 1. The molecule has 0 spiro atoms. The largest absolute Gasteiger partial charge is 0.368 e. The van der Waals surface area contributed by atoms with E-state index >= 15 is 0 Å². The number of amides is 4. The van der Waals surface area contributed by atoms with Crippen LogP contribution >= 0.6 is 11.9 Å². The van der Waals surface area contributed by atoms with E-state index in [4.69, 9.17) is 0 Å². The summed E-state index contributed by atoms with van der Waals surface area (Å²) >= 11 is 1.12. The summed E-state index contributed by atoms with van der Waals surface area (Å²) in [5.74, 6) is -0.505. The van der Waals surface area contributed by atoms with E-state index in [0.29, 0.717) is 23.7 Å². The lowest BCUT2D eigenvalue weighted by molar-refractivity contribution is -0.130. The molecule has 1 unspecified atom stereocenters. The molecular formula is C23H23N5O3S. The van der Waals surface area contributed by atoms with Crippen LogP contribution in [0, 0.1) is 0 Å². The standard InChI is InChI=1S/C23H23N5O3S/c29-21-19-18(24-23(31)28(21)15-16-7-3-1-4-8-16)20(32-25-19)22(30)27-13-11-26(12-14-27)17-9-5-2-6-10-17/h1-10,19,25H,11-15H2,(H,24,31). The summed E-state index contributed by atoms with van der Waals surface area (Å²) in [5.41, 5.74) is 2.37. The topological polar surface area (TPSA) is 85.0 Å². The fourth-order valence-electron chi connectivity index (χ4n) is 4.13. The van der Waals surface area contributed by atoms with Crippen LogP contribution in [0.15, 0.2) is 71.3 Å². The first-order valence-corrected chi connectivity index (χ1v) is 11.4. The molecular weight excluding hydrogens is 426 g/mol. The Bertz CT molecular complexity index is 1070. The Kier molecular flexibility index (Phi) is 5.59. The molecule has 0 radical (unpaired) electrons. The van der Waals surface area contributed by atoms with E-state index in [-0.39, 0.29) is 18.4 Å². The van der Waals surface area contributed by atoms with Crippen LogP contribution in [-0.2, 0) is 16.1 Å². The maximum atomic E-state index is 13.2. The smallest absolute Gasteiger partial charge is 0.328 e. The van der Waals surface area contributed by atoms with E-state index in [9.17, 15) is 14.4 Å². The molecule has 2 N–H and O–H groups in total. The van der Waals surface area contributed by atoms with Gasteiger partial charge in [0.2, 0.25) is 0 Å². The predicted molar refractivity (Wildman–Crippen MR) is 122 cm³/mol. The molecule has 164 valence electrons. The van der Waals surface area contributed by atoms with Gasteiger partial charge in [-0.3, -0.25) is 14.5 Å². The van der Waals surface area contributed by atoms with Crippen LogP contribution in [0.3, 0.4) is 0 Å². The Morgan fingerprint density at radius 2 is 1.59 bits per heavy atom. The van der Waals surface area contributed by atoms with Gasteiger partial charge >= 0.3 is 6.03 Å². The van der Waals surface area contributed by atoms with Gasteiger partial charge in [-0.1, -0.05) is 48.5 Å². The minimum Gasteiger partial charge on any atom is -0.368 e. The molecule has 8 nitrogen and oxygen atoms in total. The quantitative estimate of drug-likeness (QED) is 0.694. The SMILES string of the molecule is O=C(C1=C2NC(=O)N(Cc3ccccc3)C(=O)C2NS1)N1CCN(c2ccccc2)CC1. The number of anilines is 1. The van der Waals surface area contributed by atoms with Crippen molar-refractivity contribution in [2.45, 2.75) is 12.6 Å². The van der Waals surface area contributed by atoms with Crippen molar-refractivity contribution < 1.29 is 14.4 Å². The number of piperazine rings is 1. The van der Waals surface area contributed by atoms with E-state index < -0.39 is 12.1 Å². The van der Waals surface area contributed by atoms with E-state index in [0.717, 1.165) is 36.3 Å². The summed E-state index contributed by atoms with van der Waals surface area (Å²) in [5, 5.41) is 2.79. The summed E-state index contributed by atoms with van der Waals surface area (Å²) in [6, 6.07) is 18.2. The van der Waals surface area contributed by atoms with Crippen molar-refractivity contribution in [3.63, 3.8) is 0 Å². The Labute approximate surface area is 190 Å². The fraction of sp³-hybridized carbons (Fsp3) is 0.261. The highest BCUT2D eigenvalue weighted by Crippen LogP contribution is 2.32. The zero-order valence-electron chi connectivity index (χ0n) is 17.4. The van der Waals surface area contributed by atoms with E-state index in [1.807, 2.05) is 48.5 Å². The third kappa shape index (κ3) is 3.85. The van der Waals surface area contributed by atoms with Crippen LogP contribution in [0.4, 0.5) is 10.5 Å². The second-order valence-corrected chi connectivity index (χ2v) is 8.70. The number of nitrogens with one attached hydrogen (secondary N) is 2. The maximum Gasteiger partial charge on any atom is 0.328 e. The molecule has 0 bridgehead atoms. The molecule has 0 aliphatic carbocycles. The van der Waals surface area contributed by atoms with Crippen molar-refractivity contribution >= 4 is 35.5 Å². The predicted octanol–water partition coefficient (Wildman–Crippen LogP) is 1.92. The number of fused-ring (bicyclic) bond motifs is 1. The number of imide groups is 1. The van der Waals surface area contributed by atoms with Gasteiger partial charge in [0, 0.05) is 31.9 Å². The summed E-state index contributed by atoms with van der Waals surface area (Å²) in [4.78, 5) is 44.5. The summed E-state index contributed by atoms with van der Waals surface area (Å²) in [7, 11) is 0. The van der Waals surface area contributed by atoms with Gasteiger partial charge in [-0.2, -0.15) is 0 Å². The highest BCUT2D eigenvalue weighted by atomic mass is 32.2. The highest BCUT2D eigenvalue weighted by Gasteiger charge is 2.45. The normalized spacial score (nSPS) is 21.0. The zero-order chi connectivity index (χ0) is 22.1. The van der Waals surface area contributed by atoms with Gasteiger partial charge in [0.25, 0.3) is 11.8 Å². The molecule has 0 saturated carbocycles. The number of nitrogens with zero attached hydrogens (tertiary/aromatic N) is 3. The van der Waals surface area contributed by atoms with Crippen molar-refractivity contribution in [2.75, 3.05) is 31.1 Å². The first kappa shape index (κ1) is 20.6. The molecule has 2 fully saturated rings. The minimum atomic E-state index is -0.731. The summed E-state index contributed by atoms with van der Waals surface area (Å²) in [6.45, 7) is 2.81. The summed E-state index contributed by atoms with van der Waals surface area (Å²) < 4.78 is 3.03. The lowest BCUT2D eigenvalue weighted by atomic mass is 10.1. The zero-order valence-corrected chi connectivity index (χ0v) is 18.2. The Morgan fingerprint density at radius 3 is 2.28 bits per heavy atom. The van der Waals surface area contributed by atoms with Gasteiger partial charge in [-0.25, -0.2) is 9.52 Å². The van der Waals surface area contributed by atoms with Crippen LogP contribution in [0.5, 0.6) is 0 Å². The van der Waals surface area contributed by atoms with Crippen LogP contribution in [0.2, 0.25) is 0 Å². The molecule has 5 rings (SSSR count). The van der Waals surface area contributed by atoms with Crippen LogP contribution in [0.25, 0.3) is 0 Å². The van der Waals surface area contributed by atoms with Gasteiger partial charge in [0.15, 0.2) is 0 Å². The number of hydrogen-bond acceptors (Lipinski definition) is 6. The number of benzene rings is 2. The van der Waals surface area contributed by atoms with Crippen LogP contribution in [-0.4, -0.2) is 59.9 Å². The third-order valence-corrected chi connectivity index (χ3v) is 6.83. The van der Waals surface area contributed by atoms with E-state index in [2.05, 4.69) is 27.1 Å². The lowest BCUT2D eigenvalue weighted by Gasteiger charge is -2.36. The van der Waals surface area contributed by atoms with Gasteiger partial charge in [-0.05, 0) is 29.6 Å². The Morgan fingerprint density at radius 1 is 0.938 bits per heavy atom. The van der Waals surface area contributed by atoms with Gasteiger partial charge < -0.3 is 15.1 Å². The molecule has 2 saturated heterocycles. The molecule has 3 aliphatic rings. The Hall–Kier alpha value is -3.30. The van der Waals surface area contributed by atoms with Crippen molar-refractivity contribution in [1.29, 1.82) is 0 Å². The average Bonchev–Trinajstić information content (AvgIpc) is 3.26. The molecule has 2 aromatic rings. The molecule has 9 heteroatoms. The van der Waals surface area contributed by atoms with Crippen molar-refractivity contribution in [3.8, 4) is 0 Å². The molecule has 3 heterocycles. The number of carbonyl (C=O) groups is 3. The Balaban J connectivity index is 1.27. The van der Waals surface area contributed by atoms with Gasteiger partial charge in [0.05, 0.1) is 12.2 Å². The molecule has 3 aliphatic heterocycles. The minimum absolute atomic E-state index is 0.155. The summed E-state index contributed by atoms with van der Waals surface area (Å²) in [6.07, 6.45) is 0. The molecule has 2 aromatic carbocycles. The maximum absolute atomic E-state index is 13.2. The molecule has 32 heavy (non-hydrogen) atoms. The first-order valence-electron chi connectivity index (χ1n) is 10.5. The van der Waals surface area contributed by atoms with Crippen LogP contribution < -0.4 is 14.9 Å². The van der Waals surface area contributed by atoms with Gasteiger partial charge in [0.1, 0.15) is 10.9 Å². The first-order chi connectivity index (χ1) is 15.6. The third-order valence-electron chi connectivity index (χ3n) is 5.88. The van der Waals surface area contributed by atoms with Crippen LogP contribution in [0.1, 0.15) is 5.56 Å². The highest BCUT2D eigenvalue weighted by molar-refractivity contribution is 8.02. The number of carbonyl (C=O) groups excluding carboxylic acids is 3. The van der Waals surface area contributed by atoms with E-state index in [1.165, 1.54) is 4.90 Å². The van der Waals surface area contributed by atoms with Crippen molar-refractivity contribution in [3.05, 3.63) is 76.8 Å². The monoisotopic (exact) mass is 449 g/mol. The number of hydrogen-bond donors (Lipinski definition) is 2. The number of para-hydroxylation sites is 1. The van der Waals surface area contributed by atoms with E-state index in [1.54, 1.807) is 4.90 Å². The average molecular weight is 450 g/mol. The molecule has 0 aromatic heterocycles. The van der Waals surface area contributed by atoms with Crippen molar-refractivity contribution in [2.24, 2.45) is 0 Å².